The first-order valence-corrected chi connectivity index (χ1v) is 6.90. The SMILES string of the molecule is NCCCCc1ccc(C2CCNCC2)cc1. The van der Waals surface area contributed by atoms with Crippen LogP contribution < -0.4 is 11.1 Å². The first-order chi connectivity index (χ1) is 8.40. The fourth-order valence-electron chi connectivity index (χ4n) is 2.59. The van der Waals surface area contributed by atoms with Crippen LogP contribution in [0.2, 0.25) is 0 Å². The molecule has 2 rings (SSSR count). The number of unbranched alkanes of at least 4 members (excludes halogenated alkanes) is 1. The van der Waals surface area contributed by atoms with Gasteiger partial charge in [-0.25, -0.2) is 0 Å². The van der Waals surface area contributed by atoms with Gasteiger partial charge in [-0.2, -0.15) is 0 Å². The minimum Gasteiger partial charge on any atom is -0.330 e. The molecule has 94 valence electrons. The lowest BCUT2D eigenvalue weighted by atomic mass is 9.89. The molecule has 0 aromatic heterocycles. The van der Waals surface area contributed by atoms with Crippen LogP contribution in [0.3, 0.4) is 0 Å². The Balaban J connectivity index is 1.88. The normalized spacial score (nSPS) is 17.2. The van der Waals surface area contributed by atoms with Gasteiger partial charge in [0, 0.05) is 0 Å². The molecule has 2 nitrogen and oxygen atoms in total. The Kier molecular flexibility index (Phi) is 5.02. The predicted octanol–water partition coefficient (Wildman–Crippen LogP) is 2.44. The highest BCUT2D eigenvalue weighted by atomic mass is 14.9. The van der Waals surface area contributed by atoms with E-state index in [1.54, 1.807) is 0 Å². The monoisotopic (exact) mass is 232 g/mol. The zero-order chi connectivity index (χ0) is 11.9. The van der Waals surface area contributed by atoms with E-state index >= 15 is 0 Å². The summed E-state index contributed by atoms with van der Waals surface area (Å²) in [5.41, 5.74) is 8.49. The Bertz CT molecular complexity index is 312. The molecular weight excluding hydrogens is 208 g/mol. The smallest absolute Gasteiger partial charge is 0.00431 e. The summed E-state index contributed by atoms with van der Waals surface area (Å²) in [5, 5.41) is 3.42. The second kappa shape index (κ2) is 6.77. The summed E-state index contributed by atoms with van der Waals surface area (Å²) in [7, 11) is 0. The lowest BCUT2D eigenvalue weighted by molar-refractivity contribution is 0.460. The maximum absolute atomic E-state index is 5.51. The van der Waals surface area contributed by atoms with Crippen LogP contribution in [0.15, 0.2) is 24.3 Å². The maximum atomic E-state index is 5.51. The molecule has 1 saturated heterocycles. The van der Waals surface area contributed by atoms with E-state index in [1.807, 2.05) is 0 Å². The van der Waals surface area contributed by atoms with Crippen LogP contribution in [0.4, 0.5) is 0 Å². The molecule has 0 atom stereocenters. The van der Waals surface area contributed by atoms with E-state index in [-0.39, 0.29) is 0 Å². The van der Waals surface area contributed by atoms with E-state index < -0.39 is 0 Å². The molecular formula is C15H24N2. The molecule has 17 heavy (non-hydrogen) atoms. The molecule has 0 aliphatic carbocycles. The van der Waals surface area contributed by atoms with Crippen molar-refractivity contribution in [3.05, 3.63) is 35.4 Å². The van der Waals surface area contributed by atoms with Gasteiger partial charge in [0.1, 0.15) is 0 Å². The zero-order valence-corrected chi connectivity index (χ0v) is 10.6. The van der Waals surface area contributed by atoms with E-state index in [9.17, 15) is 0 Å². The highest BCUT2D eigenvalue weighted by Crippen LogP contribution is 2.25. The predicted molar refractivity (Wildman–Crippen MR) is 73.3 cm³/mol. The van der Waals surface area contributed by atoms with Gasteiger partial charge in [0.25, 0.3) is 0 Å². The number of hydrogen-bond donors (Lipinski definition) is 2. The minimum absolute atomic E-state index is 0.773. The fraction of sp³-hybridized carbons (Fsp3) is 0.600. The topological polar surface area (TPSA) is 38.0 Å². The Hall–Kier alpha value is -0.860. The van der Waals surface area contributed by atoms with Crippen molar-refractivity contribution in [3.63, 3.8) is 0 Å². The third-order valence-corrected chi connectivity index (χ3v) is 3.71. The largest absolute Gasteiger partial charge is 0.330 e. The van der Waals surface area contributed by atoms with Crippen molar-refractivity contribution in [2.24, 2.45) is 5.73 Å². The highest BCUT2D eigenvalue weighted by molar-refractivity contribution is 5.26. The van der Waals surface area contributed by atoms with Gasteiger partial charge in [-0.05, 0) is 68.8 Å². The first kappa shape index (κ1) is 12.6. The van der Waals surface area contributed by atoms with Crippen molar-refractivity contribution in [3.8, 4) is 0 Å². The molecule has 0 unspecified atom stereocenters. The summed E-state index contributed by atoms with van der Waals surface area (Å²) in [6.07, 6.45) is 6.09. The number of piperidine rings is 1. The van der Waals surface area contributed by atoms with Gasteiger partial charge in [-0.3, -0.25) is 0 Å². The number of rotatable bonds is 5. The molecule has 3 N–H and O–H groups in total. The van der Waals surface area contributed by atoms with Crippen LogP contribution in [0.25, 0.3) is 0 Å². The summed E-state index contributed by atoms with van der Waals surface area (Å²) in [5.74, 6) is 0.773. The van der Waals surface area contributed by atoms with E-state index in [4.69, 9.17) is 5.73 Å². The minimum atomic E-state index is 0.773. The van der Waals surface area contributed by atoms with Crippen LogP contribution in [0.1, 0.15) is 42.7 Å². The van der Waals surface area contributed by atoms with E-state index in [2.05, 4.69) is 29.6 Å². The number of aryl methyl sites for hydroxylation is 1. The summed E-state index contributed by atoms with van der Waals surface area (Å²) in [6.45, 7) is 3.15. The number of hydrogen-bond acceptors (Lipinski definition) is 2. The maximum Gasteiger partial charge on any atom is -0.00431 e. The van der Waals surface area contributed by atoms with Crippen molar-refractivity contribution >= 4 is 0 Å². The van der Waals surface area contributed by atoms with Gasteiger partial charge >= 0.3 is 0 Å². The Morgan fingerprint density at radius 2 is 1.76 bits per heavy atom. The van der Waals surface area contributed by atoms with Gasteiger partial charge in [0.2, 0.25) is 0 Å². The molecule has 0 saturated carbocycles. The van der Waals surface area contributed by atoms with Crippen LogP contribution in [0.5, 0.6) is 0 Å². The Morgan fingerprint density at radius 1 is 1.06 bits per heavy atom. The molecule has 1 aliphatic rings. The second-order valence-electron chi connectivity index (χ2n) is 5.01. The van der Waals surface area contributed by atoms with Gasteiger partial charge < -0.3 is 11.1 Å². The van der Waals surface area contributed by atoms with E-state index in [0.29, 0.717) is 0 Å². The molecule has 0 bridgehead atoms. The van der Waals surface area contributed by atoms with Gasteiger partial charge in [0.15, 0.2) is 0 Å². The third kappa shape index (κ3) is 3.83. The molecule has 0 spiro atoms. The fourth-order valence-corrected chi connectivity index (χ4v) is 2.59. The van der Waals surface area contributed by atoms with Crippen molar-refractivity contribution in [1.29, 1.82) is 0 Å². The lowest BCUT2D eigenvalue weighted by Crippen LogP contribution is -2.26. The summed E-state index contributed by atoms with van der Waals surface area (Å²) in [6, 6.07) is 9.25. The van der Waals surface area contributed by atoms with Crippen LogP contribution in [0, 0.1) is 0 Å². The van der Waals surface area contributed by atoms with Crippen LogP contribution in [-0.4, -0.2) is 19.6 Å². The van der Waals surface area contributed by atoms with E-state index in [1.165, 1.54) is 49.9 Å². The van der Waals surface area contributed by atoms with Gasteiger partial charge in [0.05, 0.1) is 0 Å². The number of nitrogens with two attached hydrogens (primary N) is 1. The summed E-state index contributed by atoms with van der Waals surface area (Å²) < 4.78 is 0. The van der Waals surface area contributed by atoms with Crippen LogP contribution in [-0.2, 0) is 6.42 Å². The average molecular weight is 232 g/mol. The van der Waals surface area contributed by atoms with Gasteiger partial charge in [-0.15, -0.1) is 0 Å². The van der Waals surface area contributed by atoms with Crippen molar-refractivity contribution < 1.29 is 0 Å². The molecule has 2 heteroatoms. The standard InChI is InChI=1S/C15H24N2/c16-10-2-1-3-13-4-6-14(7-5-13)15-8-11-17-12-9-15/h4-7,15,17H,1-3,8-12,16H2. The molecule has 0 radical (unpaired) electrons. The summed E-state index contributed by atoms with van der Waals surface area (Å²) >= 11 is 0. The molecule has 1 heterocycles. The van der Waals surface area contributed by atoms with Gasteiger partial charge in [-0.1, -0.05) is 24.3 Å². The average Bonchev–Trinajstić information content (AvgIpc) is 2.41. The first-order valence-electron chi connectivity index (χ1n) is 6.90. The molecule has 1 fully saturated rings. The van der Waals surface area contributed by atoms with Crippen molar-refractivity contribution in [1.82, 2.24) is 5.32 Å². The lowest BCUT2D eigenvalue weighted by Gasteiger charge is -2.23. The quantitative estimate of drug-likeness (QED) is 0.765. The number of nitrogens with one attached hydrogen (secondary N) is 1. The van der Waals surface area contributed by atoms with E-state index in [0.717, 1.165) is 18.9 Å². The van der Waals surface area contributed by atoms with Crippen LogP contribution >= 0.6 is 0 Å². The third-order valence-electron chi connectivity index (χ3n) is 3.71. The zero-order valence-electron chi connectivity index (χ0n) is 10.6. The summed E-state index contributed by atoms with van der Waals surface area (Å²) in [4.78, 5) is 0. The molecule has 0 amide bonds. The molecule has 1 aromatic rings. The Morgan fingerprint density at radius 3 is 2.41 bits per heavy atom. The van der Waals surface area contributed by atoms with Crippen molar-refractivity contribution in [2.75, 3.05) is 19.6 Å². The highest BCUT2D eigenvalue weighted by Gasteiger charge is 2.14. The second-order valence-corrected chi connectivity index (χ2v) is 5.01. The Labute approximate surface area is 105 Å². The number of benzene rings is 1. The molecule has 1 aliphatic heterocycles. The van der Waals surface area contributed by atoms with Crippen molar-refractivity contribution in [2.45, 2.75) is 38.0 Å². The molecule has 1 aromatic carbocycles.